The molecule has 2 aromatic carbocycles. The van der Waals surface area contributed by atoms with Crippen LogP contribution in [0.2, 0.25) is 0 Å². The Bertz CT molecular complexity index is 1170. The van der Waals surface area contributed by atoms with Crippen LogP contribution in [0.1, 0.15) is 29.9 Å². The summed E-state index contributed by atoms with van der Waals surface area (Å²) in [6.07, 6.45) is 1.24. The van der Waals surface area contributed by atoms with E-state index in [1.165, 1.54) is 4.90 Å². The first-order valence-electron chi connectivity index (χ1n) is 11.3. The highest BCUT2D eigenvalue weighted by molar-refractivity contribution is 9.10. The number of rotatable bonds is 2. The first-order chi connectivity index (χ1) is 16.0. The fraction of sp³-hybridized carbons (Fsp3) is 0.400. The Hall–Kier alpha value is -2.71. The summed E-state index contributed by atoms with van der Waals surface area (Å²) in [6, 6.07) is 15.8. The van der Waals surface area contributed by atoms with Gasteiger partial charge < -0.3 is 9.64 Å². The molecule has 3 fully saturated rings. The summed E-state index contributed by atoms with van der Waals surface area (Å²) in [6.45, 7) is 1.13. The summed E-state index contributed by atoms with van der Waals surface area (Å²) in [5, 5.41) is 0. The third-order valence-electron chi connectivity index (χ3n) is 7.81. The van der Waals surface area contributed by atoms with Gasteiger partial charge in [-0.3, -0.25) is 14.5 Å². The molecule has 0 unspecified atom stereocenters. The number of fused-ring (bicyclic) bond motifs is 4. The number of ether oxygens (including phenoxy) is 1. The summed E-state index contributed by atoms with van der Waals surface area (Å²) < 4.78 is 5.97. The minimum absolute atomic E-state index is 0.0299. The van der Waals surface area contributed by atoms with Crippen LogP contribution in [0.25, 0.3) is 0 Å². The van der Waals surface area contributed by atoms with Crippen molar-refractivity contribution in [2.24, 2.45) is 5.92 Å². The van der Waals surface area contributed by atoms with Gasteiger partial charge in [0.1, 0.15) is 12.1 Å². The number of nitrogens with zero attached hydrogens (tertiary/aromatic N) is 3. The Morgan fingerprint density at radius 2 is 1.91 bits per heavy atom. The molecule has 6 rings (SSSR count). The molecule has 4 atom stereocenters. The third kappa shape index (κ3) is 2.68. The van der Waals surface area contributed by atoms with Crippen LogP contribution >= 0.6 is 15.9 Å². The van der Waals surface area contributed by atoms with Crippen molar-refractivity contribution in [2.75, 3.05) is 31.6 Å². The van der Waals surface area contributed by atoms with Crippen molar-refractivity contribution in [3.05, 3.63) is 64.1 Å². The van der Waals surface area contributed by atoms with Gasteiger partial charge in [0.25, 0.3) is 5.91 Å². The zero-order chi connectivity index (χ0) is 22.9. The Balaban J connectivity index is 1.63. The molecule has 4 aliphatic heterocycles. The monoisotopic (exact) mass is 509 g/mol. The van der Waals surface area contributed by atoms with Gasteiger partial charge in [0.2, 0.25) is 5.91 Å². The molecular weight excluding hydrogens is 486 g/mol. The van der Waals surface area contributed by atoms with E-state index in [4.69, 9.17) is 4.74 Å². The van der Waals surface area contributed by atoms with Crippen LogP contribution in [-0.4, -0.2) is 60.5 Å². The predicted octanol–water partition coefficient (Wildman–Crippen LogP) is 3.48. The molecule has 2 aromatic rings. The molecule has 3 amide bonds. The maximum absolute atomic E-state index is 14.2. The lowest BCUT2D eigenvalue weighted by Gasteiger charge is -2.38. The van der Waals surface area contributed by atoms with Gasteiger partial charge in [-0.2, -0.15) is 0 Å². The molecule has 0 radical (unpaired) electrons. The standard InChI is InChI=1S/C25H24BrN3O4/c1-27-18-10-9-16(26)14-17(18)25(23(27)31)21(22(30)28-12-13-33-24(28)32)20(15-6-3-2-4-7-15)19-8-5-11-29(19)25/h2-4,6-7,9-10,14,19-21H,5,8,11-13H2,1H3/t19-,20-,21-,25+/m1/s1. The van der Waals surface area contributed by atoms with Gasteiger partial charge in [-0.1, -0.05) is 46.3 Å². The fourth-order valence-corrected chi connectivity index (χ4v) is 6.97. The predicted molar refractivity (Wildman–Crippen MR) is 125 cm³/mol. The second-order valence-electron chi connectivity index (χ2n) is 9.21. The Labute approximate surface area is 200 Å². The van der Waals surface area contributed by atoms with Crippen molar-refractivity contribution in [1.29, 1.82) is 0 Å². The van der Waals surface area contributed by atoms with Crippen LogP contribution in [0.3, 0.4) is 0 Å². The number of benzene rings is 2. The summed E-state index contributed by atoms with van der Waals surface area (Å²) in [7, 11) is 1.77. The average molecular weight is 510 g/mol. The number of carbonyl (C=O) groups is 3. The van der Waals surface area contributed by atoms with Crippen molar-refractivity contribution in [1.82, 2.24) is 9.80 Å². The molecule has 3 saturated heterocycles. The molecular formula is C25H24BrN3O4. The van der Waals surface area contributed by atoms with Gasteiger partial charge in [-0.05, 0) is 43.1 Å². The quantitative estimate of drug-likeness (QED) is 0.619. The Morgan fingerprint density at radius 3 is 2.64 bits per heavy atom. The van der Waals surface area contributed by atoms with Crippen LogP contribution < -0.4 is 4.90 Å². The summed E-state index contributed by atoms with van der Waals surface area (Å²) in [5.41, 5.74) is 1.51. The van der Waals surface area contributed by atoms with Crippen molar-refractivity contribution < 1.29 is 19.1 Å². The summed E-state index contributed by atoms with van der Waals surface area (Å²) >= 11 is 3.58. The maximum Gasteiger partial charge on any atom is 0.416 e. The van der Waals surface area contributed by atoms with Crippen LogP contribution in [-0.2, 0) is 19.9 Å². The zero-order valence-electron chi connectivity index (χ0n) is 18.2. The Kier molecular flexibility index (Phi) is 4.68. The topological polar surface area (TPSA) is 70.2 Å². The summed E-state index contributed by atoms with van der Waals surface area (Å²) in [5.74, 6) is -1.37. The number of hydrogen-bond donors (Lipinski definition) is 0. The lowest BCUT2D eigenvalue weighted by Crippen LogP contribution is -2.56. The van der Waals surface area contributed by atoms with E-state index in [9.17, 15) is 14.4 Å². The fourth-order valence-electron chi connectivity index (χ4n) is 6.61. The van der Waals surface area contributed by atoms with Gasteiger partial charge in [0, 0.05) is 34.7 Å². The third-order valence-corrected chi connectivity index (χ3v) is 8.31. The van der Waals surface area contributed by atoms with E-state index in [1.807, 2.05) is 48.5 Å². The number of cyclic esters (lactones) is 1. The van der Waals surface area contributed by atoms with Gasteiger partial charge in [0.15, 0.2) is 0 Å². The maximum atomic E-state index is 14.2. The van der Waals surface area contributed by atoms with E-state index in [2.05, 4.69) is 20.8 Å². The molecule has 0 bridgehead atoms. The number of hydrogen-bond acceptors (Lipinski definition) is 5. The second-order valence-corrected chi connectivity index (χ2v) is 10.1. The van der Waals surface area contributed by atoms with E-state index in [-0.39, 0.29) is 36.9 Å². The van der Waals surface area contributed by atoms with E-state index in [0.717, 1.165) is 40.7 Å². The van der Waals surface area contributed by atoms with Crippen LogP contribution in [0, 0.1) is 5.92 Å². The first-order valence-corrected chi connectivity index (χ1v) is 12.1. The highest BCUT2D eigenvalue weighted by atomic mass is 79.9. The SMILES string of the molecule is CN1C(=O)[C@]2(c3cc(Br)ccc31)[C@@H](C(=O)N1CCOC1=O)[C@H](c1ccccc1)[C@H]1CCCN12. The molecule has 170 valence electrons. The lowest BCUT2D eigenvalue weighted by molar-refractivity contribution is -0.143. The number of carbonyl (C=O) groups excluding carboxylic acids is 3. The minimum atomic E-state index is -1.16. The molecule has 0 aliphatic carbocycles. The highest BCUT2D eigenvalue weighted by Gasteiger charge is 2.71. The van der Waals surface area contributed by atoms with Crippen molar-refractivity contribution in [3.63, 3.8) is 0 Å². The molecule has 33 heavy (non-hydrogen) atoms. The Morgan fingerprint density at radius 1 is 1.12 bits per heavy atom. The molecule has 0 saturated carbocycles. The molecule has 4 aliphatic rings. The van der Waals surface area contributed by atoms with Crippen molar-refractivity contribution in [2.45, 2.75) is 30.3 Å². The molecule has 0 N–H and O–H groups in total. The minimum Gasteiger partial charge on any atom is -0.447 e. The zero-order valence-corrected chi connectivity index (χ0v) is 19.8. The van der Waals surface area contributed by atoms with Crippen molar-refractivity contribution >= 4 is 39.5 Å². The smallest absolute Gasteiger partial charge is 0.416 e. The first kappa shape index (κ1) is 20.9. The van der Waals surface area contributed by atoms with E-state index in [0.29, 0.717) is 0 Å². The van der Waals surface area contributed by atoms with Crippen LogP contribution in [0.15, 0.2) is 53.0 Å². The van der Waals surface area contributed by atoms with Crippen LogP contribution in [0.5, 0.6) is 0 Å². The molecule has 8 heteroatoms. The number of anilines is 1. The van der Waals surface area contributed by atoms with Crippen molar-refractivity contribution in [3.8, 4) is 0 Å². The molecule has 4 heterocycles. The van der Waals surface area contributed by atoms with Gasteiger partial charge in [0.05, 0.1) is 12.5 Å². The van der Waals surface area contributed by atoms with E-state index in [1.54, 1.807) is 11.9 Å². The number of likely N-dealkylation sites (N-methyl/N-ethyl adjacent to an activating group) is 1. The van der Waals surface area contributed by atoms with E-state index >= 15 is 0 Å². The molecule has 0 aromatic heterocycles. The van der Waals surface area contributed by atoms with Gasteiger partial charge in [-0.15, -0.1) is 0 Å². The summed E-state index contributed by atoms with van der Waals surface area (Å²) in [4.78, 5) is 46.0. The molecule has 1 spiro atoms. The van der Waals surface area contributed by atoms with Crippen LogP contribution in [0.4, 0.5) is 10.5 Å². The number of halogens is 1. The number of imide groups is 1. The van der Waals surface area contributed by atoms with Gasteiger partial charge >= 0.3 is 6.09 Å². The largest absolute Gasteiger partial charge is 0.447 e. The number of amides is 3. The van der Waals surface area contributed by atoms with E-state index < -0.39 is 17.6 Å². The van der Waals surface area contributed by atoms with Gasteiger partial charge in [-0.25, -0.2) is 9.69 Å². The lowest BCUT2D eigenvalue weighted by atomic mass is 9.71. The second kappa shape index (κ2) is 7.40. The molecule has 7 nitrogen and oxygen atoms in total. The normalized spacial score (nSPS) is 30.8. The highest BCUT2D eigenvalue weighted by Crippen LogP contribution is 2.62. The average Bonchev–Trinajstić information content (AvgIpc) is 3.56.